The van der Waals surface area contributed by atoms with Gasteiger partial charge in [0.25, 0.3) is 5.69 Å². The van der Waals surface area contributed by atoms with Gasteiger partial charge in [0, 0.05) is 30.8 Å². The Morgan fingerprint density at radius 3 is 2.83 bits per heavy atom. The van der Waals surface area contributed by atoms with E-state index in [1.54, 1.807) is 6.07 Å². The standard InChI is InChI=1S/C12H12N2O4/c1-8(15)4-5-13-11-3-2-10(14(17)18)6-9(11)7-12(13)16/h2-3,6H,4-5,7H2,1H3. The van der Waals surface area contributed by atoms with Crippen molar-refractivity contribution < 1.29 is 14.5 Å². The van der Waals surface area contributed by atoms with Gasteiger partial charge in [-0.2, -0.15) is 0 Å². The topological polar surface area (TPSA) is 80.5 Å². The lowest BCUT2D eigenvalue weighted by Gasteiger charge is -2.16. The Balaban J connectivity index is 2.26. The number of non-ortho nitro benzene ring substituents is 1. The Labute approximate surface area is 103 Å². The number of carbonyl (C=O) groups is 2. The van der Waals surface area contributed by atoms with E-state index in [2.05, 4.69) is 0 Å². The third-order valence-corrected chi connectivity index (χ3v) is 2.89. The second kappa shape index (κ2) is 4.56. The van der Waals surface area contributed by atoms with Crippen molar-refractivity contribution in [1.29, 1.82) is 0 Å². The zero-order valence-electron chi connectivity index (χ0n) is 9.88. The van der Waals surface area contributed by atoms with Gasteiger partial charge in [0.15, 0.2) is 0 Å². The molecule has 0 unspecified atom stereocenters. The second-order valence-electron chi connectivity index (χ2n) is 4.24. The average Bonchev–Trinajstić information content (AvgIpc) is 2.60. The van der Waals surface area contributed by atoms with Crippen LogP contribution in [0.1, 0.15) is 18.9 Å². The van der Waals surface area contributed by atoms with Crippen molar-refractivity contribution >= 4 is 23.1 Å². The molecule has 0 spiro atoms. The lowest BCUT2D eigenvalue weighted by Crippen LogP contribution is -2.28. The summed E-state index contributed by atoms with van der Waals surface area (Å²) in [7, 11) is 0. The fourth-order valence-corrected chi connectivity index (χ4v) is 2.00. The van der Waals surface area contributed by atoms with Crippen LogP contribution in [0.25, 0.3) is 0 Å². The maximum absolute atomic E-state index is 11.8. The summed E-state index contributed by atoms with van der Waals surface area (Å²) >= 11 is 0. The van der Waals surface area contributed by atoms with Crippen LogP contribution in [0.15, 0.2) is 18.2 Å². The number of nitro benzene ring substituents is 1. The summed E-state index contributed by atoms with van der Waals surface area (Å²) in [5.74, 6) is -0.107. The largest absolute Gasteiger partial charge is 0.311 e. The summed E-state index contributed by atoms with van der Waals surface area (Å²) in [6.45, 7) is 1.80. The molecule has 1 amide bonds. The molecule has 1 aromatic rings. The maximum Gasteiger partial charge on any atom is 0.269 e. The molecule has 18 heavy (non-hydrogen) atoms. The average molecular weight is 248 g/mol. The first kappa shape index (κ1) is 12.2. The summed E-state index contributed by atoms with van der Waals surface area (Å²) in [6, 6.07) is 4.36. The highest BCUT2D eigenvalue weighted by Crippen LogP contribution is 2.31. The molecule has 1 heterocycles. The van der Waals surface area contributed by atoms with E-state index in [9.17, 15) is 19.7 Å². The fourth-order valence-electron chi connectivity index (χ4n) is 2.00. The van der Waals surface area contributed by atoms with E-state index >= 15 is 0 Å². The molecule has 2 rings (SSSR count). The van der Waals surface area contributed by atoms with Gasteiger partial charge in [-0.1, -0.05) is 0 Å². The van der Waals surface area contributed by atoms with Crippen molar-refractivity contribution in [2.75, 3.05) is 11.4 Å². The Hall–Kier alpha value is -2.24. The van der Waals surface area contributed by atoms with Gasteiger partial charge >= 0.3 is 0 Å². The van der Waals surface area contributed by atoms with Crippen LogP contribution in [0.2, 0.25) is 0 Å². The molecule has 0 atom stereocenters. The number of nitrogens with zero attached hydrogens (tertiary/aromatic N) is 2. The van der Waals surface area contributed by atoms with Crippen LogP contribution in [0.4, 0.5) is 11.4 Å². The third-order valence-electron chi connectivity index (χ3n) is 2.89. The molecule has 0 bridgehead atoms. The Morgan fingerprint density at radius 2 is 2.22 bits per heavy atom. The lowest BCUT2D eigenvalue weighted by molar-refractivity contribution is -0.384. The van der Waals surface area contributed by atoms with Gasteiger partial charge in [-0.05, 0) is 18.6 Å². The fraction of sp³-hybridized carbons (Fsp3) is 0.333. The predicted octanol–water partition coefficient (Wildman–Crippen LogP) is 1.46. The number of hydrogen-bond acceptors (Lipinski definition) is 4. The number of fused-ring (bicyclic) bond motifs is 1. The third kappa shape index (κ3) is 2.22. The molecule has 0 saturated carbocycles. The summed E-state index contributed by atoms with van der Waals surface area (Å²) in [4.78, 5) is 34.4. The zero-order valence-corrected chi connectivity index (χ0v) is 9.88. The number of hydrogen-bond donors (Lipinski definition) is 0. The first-order valence-corrected chi connectivity index (χ1v) is 5.56. The van der Waals surface area contributed by atoms with Gasteiger partial charge in [0.2, 0.25) is 5.91 Å². The molecule has 6 nitrogen and oxygen atoms in total. The first-order valence-electron chi connectivity index (χ1n) is 5.56. The highest BCUT2D eigenvalue weighted by molar-refractivity contribution is 6.02. The molecule has 1 aromatic carbocycles. The second-order valence-corrected chi connectivity index (χ2v) is 4.24. The van der Waals surface area contributed by atoms with Gasteiger partial charge in [-0.3, -0.25) is 19.7 Å². The molecule has 6 heteroatoms. The summed E-state index contributed by atoms with van der Waals surface area (Å²) < 4.78 is 0. The Bertz CT molecular complexity index is 539. The van der Waals surface area contributed by atoms with E-state index in [0.29, 0.717) is 24.2 Å². The van der Waals surface area contributed by atoms with Crippen molar-refractivity contribution in [2.45, 2.75) is 19.8 Å². The normalized spacial score (nSPS) is 13.6. The van der Waals surface area contributed by atoms with Gasteiger partial charge < -0.3 is 4.90 Å². The number of nitro groups is 1. The van der Waals surface area contributed by atoms with Crippen LogP contribution in [0, 0.1) is 10.1 Å². The molecular weight excluding hydrogens is 236 g/mol. The van der Waals surface area contributed by atoms with Crippen LogP contribution in [0.5, 0.6) is 0 Å². The zero-order chi connectivity index (χ0) is 13.3. The number of carbonyl (C=O) groups excluding carboxylic acids is 2. The van der Waals surface area contributed by atoms with Crippen LogP contribution in [0.3, 0.4) is 0 Å². The molecule has 0 radical (unpaired) electrons. The van der Waals surface area contributed by atoms with Crippen LogP contribution < -0.4 is 4.90 Å². The minimum absolute atomic E-state index is 0.0122. The lowest BCUT2D eigenvalue weighted by atomic mass is 10.1. The monoisotopic (exact) mass is 248 g/mol. The molecule has 1 aliphatic rings. The van der Waals surface area contributed by atoms with Crippen molar-refractivity contribution in [3.63, 3.8) is 0 Å². The van der Waals surface area contributed by atoms with E-state index in [-0.39, 0.29) is 23.8 Å². The maximum atomic E-state index is 11.8. The van der Waals surface area contributed by atoms with Gasteiger partial charge in [-0.15, -0.1) is 0 Å². The highest BCUT2D eigenvalue weighted by Gasteiger charge is 2.28. The molecule has 0 aromatic heterocycles. The van der Waals surface area contributed by atoms with Crippen molar-refractivity contribution in [2.24, 2.45) is 0 Å². The van der Waals surface area contributed by atoms with E-state index in [4.69, 9.17) is 0 Å². The van der Waals surface area contributed by atoms with Crippen LogP contribution >= 0.6 is 0 Å². The molecular formula is C12H12N2O4. The molecule has 1 aliphatic heterocycles. The number of ketones is 1. The van der Waals surface area contributed by atoms with E-state index in [1.807, 2.05) is 0 Å². The number of amides is 1. The van der Waals surface area contributed by atoms with Crippen LogP contribution in [-0.4, -0.2) is 23.2 Å². The van der Waals surface area contributed by atoms with E-state index in [0.717, 1.165) is 0 Å². The molecule has 0 N–H and O–H groups in total. The predicted molar refractivity (Wildman–Crippen MR) is 64.5 cm³/mol. The molecule has 0 saturated heterocycles. The Kier molecular flexibility index (Phi) is 3.10. The SMILES string of the molecule is CC(=O)CCN1C(=O)Cc2cc([N+](=O)[O-])ccc21. The van der Waals surface area contributed by atoms with Crippen molar-refractivity contribution in [3.05, 3.63) is 33.9 Å². The first-order chi connectivity index (χ1) is 8.49. The summed E-state index contributed by atoms with van der Waals surface area (Å²) in [6.07, 6.45) is 0.455. The molecule has 0 fully saturated rings. The van der Waals surface area contributed by atoms with E-state index in [1.165, 1.54) is 24.0 Å². The smallest absolute Gasteiger partial charge is 0.269 e. The Morgan fingerprint density at radius 1 is 1.50 bits per heavy atom. The number of anilines is 1. The van der Waals surface area contributed by atoms with Crippen molar-refractivity contribution in [3.8, 4) is 0 Å². The molecule has 94 valence electrons. The number of Topliss-reactive ketones (excluding diaryl/α,β-unsaturated/α-hetero) is 1. The molecule has 0 aliphatic carbocycles. The van der Waals surface area contributed by atoms with Crippen molar-refractivity contribution in [1.82, 2.24) is 0 Å². The van der Waals surface area contributed by atoms with Gasteiger partial charge in [-0.25, -0.2) is 0 Å². The minimum Gasteiger partial charge on any atom is -0.311 e. The number of benzene rings is 1. The van der Waals surface area contributed by atoms with Gasteiger partial charge in [0.1, 0.15) is 5.78 Å². The summed E-state index contributed by atoms with van der Waals surface area (Å²) in [5, 5.41) is 10.6. The minimum atomic E-state index is -0.483. The van der Waals surface area contributed by atoms with Crippen LogP contribution in [-0.2, 0) is 16.0 Å². The summed E-state index contributed by atoms with van der Waals surface area (Å²) in [5.41, 5.74) is 1.31. The highest BCUT2D eigenvalue weighted by atomic mass is 16.6. The van der Waals surface area contributed by atoms with E-state index < -0.39 is 4.92 Å². The van der Waals surface area contributed by atoms with Gasteiger partial charge in [0.05, 0.1) is 11.3 Å². The number of rotatable bonds is 4. The quantitative estimate of drug-likeness (QED) is 0.596.